The minimum Gasteiger partial charge on any atom is -0.494 e. The first kappa shape index (κ1) is 21.4. The van der Waals surface area contributed by atoms with E-state index in [1.807, 2.05) is 13.0 Å². The summed E-state index contributed by atoms with van der Waals surface area (Å²) in [5.41, 5.74) is 1.35. The molecule has 0 aromatic heterocycles. The number of hydrogen-bond acceptors (Lipinski definition) is 6. The van der Waals surface area contributed by atoms with Crippen molar-refractivity contribution in [3.8, 4) is 5.75 Å². The second-order valence-corrected chi connectivity index (χ2v) is 7.50. The van der Waals surface area contributed by atoms with Crippen molar-refractivity contribution >= 4 is 52.1 Å². The largest absolute Gasteiger partial charge is 0.494 e. The fraction of sp³-hybridized carbons (Fsp3) is 0.174. The van der Waals surface area contributed by atoms with Crippen LogP contribution in [0.15, 0.2) is 71.3 Å². The smallest absolute Gasteiger partial charge is 0.269 e. The summed E-state index contributed by atoms with van der Waals surface area (Å²) in [7, 11) is 0. The van der Waals surface area contributed by atoms with Crippen molar-refractivity contribution in [3.05, 3.63) is 66.2 Å². The van der Waals surface area contributed by atoms with E-state index in [1.165, 1.54) is 16.0 Å². The van der Waals surface area contributed by atoms with Gasteiger partial charge in [0.15, 0.2) is 5.11 Å². The number of thiocarbonyl (C=S) groups is 1. The van der Waals surface area contributed by atoms with Gasteiger partial charge in [-0.3, -0.25) is 24.6 Å². The van der Waals surface area contributed by atoms with Crippen LogP contribution in [0.1, 0.15) is 13.8 Å². The number of benzene rings is 2. The van der Waals surface area contributed by atoms with Crippen LogP contribution in [0.3, 0.4) is 0 Å². The highest BCUT2D eigenvalue weighted by Crippen LogP contribution is 2.28. The molecule has 162 valence electrons. The van der Waals surface area contributed by atoms with Gasteiger partial charge in [0.1, 0.15) is 11.3 Å². The third kappa shape index (κ3) is 3.90. The average Bonchev–Trinajstić information content (AvgIpc) is 3.05. The Balaban J connectivity index is 1.66. The highest BCUT2D eigenvalue weighted by Gasteiger charge is 2.39. The summed E-state index contributed by atoms with van der Waals surface area (Å²) in [5, 5.41) is 8.08. The minimum absolute atomic E-state index is 0.0418. The first-order valence-corrected chi connectivity index (χ1v) is 10.4. The average molecular weight is 449 g/mol. The van der Waals surface area contributed by atoms with E-state index in [-0.39, 0.29) is 16.6 Å². The van der Waals surface area contributed by atoms with Crippen LogP contribution in [0, 0.1) is 5.92 Å². The number of amides is 3. The lowest BCUT2D eigenvalue weighted by Crippen LogP contribution is -2.54. The molecule has 0 aliphatic carbocycles. The Morgan fingerprint density at radius 3 is 2.53 bits per heavy atom. The van der Waals surface area contributed by atoms with Crippen LogP contribution in [0.5, 0.6) is 5.75 Å². The molecular formula is C23H20N4O4S. The molecule has 2 aromatic carbocycles. The second-order valence-electron chi connectivity index (χ2n) is 7.12. The number of para-hydroxylation sites is 1. The Kier molecular flexibility index (Phi) is 5.83. The van der Waals surface area contributed by atoms with Crippen molar-refractivity contribution in [2.75, 3.05) is 16.5 Å². The van der Waals surface area contributed by atoms with Crippen molar-refractivity contribution in [1.29, 1.82) is 0 Å². The molecule has 0 saturated carbocycles. The zero-order valence-corrected chi connectivity index (χ0v) is 18.3. The molecule has 3 amide bonds. The topological polar surface area (TPSA) is 91.3 Å². The predicted octanol–water partition coefficient (Wildman–Crippen LogP) is 2.80. The van der Waals surface area contributed by atoms with E-state index in [2.05, 4.69) is 10.4 Å². The Hall–Kier alpha value is -3.85. The van der Waals surface area contributed by atoms with Crippen LogP contribution >= 0.6 is 12.2 Å². The van der Waals surface area contributed by atoms with Crippen LogP contribution < -0.4 is 20.0 Å². The highest BCUT2D eigenvalue weighted by atomic mass is 32.1. The summed E-state index contributed by atoms with van der Waals surface area (Å²) in [5.74, 6) is -1.90. The molecule has 1 atom stereocenters. The van der Waals surface area contributed by atoms with E-state index in [1.54, 1.807) is 55.5 Å². The lowest BCUT2D eigenvalue weighted by atomic mass is 9.98. The number of hydrazone groups is 1. The SMILES string of the molecule is CCOc1cccc(N2C(=O)/C(=C/[C@H]3C(=O)N(c4ccccc4)N=C3C)C(=O)NC2=S)c1. The van der Waals surface area contributed by atoms with Crippen LogP contribution in [0.4, 0.5) is 11.4 Å². The van der Waals surface area contributed by atoms with Crippen LogP contribution in [0.2, 0.25) is 0 Å². The van der Waals surface area contributed by atoms with E-state index >= 15 is 0 Å². The van der Waals surface area contributed by atoms with Crippen LogP contribution in [-0.2, 0) is 14.4 Å². The quantitative estimate of drug-likeness (QED) is 0.432. The maximum Gasteiger partial charge on any atom is 0.269 e. The van der Waals surface area contributed by atoms with E-state index in [0.29, 0.717) is 29.4 Å². The van der Waals surface area contributed by atoms with Crippen molar-refractivity contribution in [1.82, 2.24) is 5.32 Å². The molecule has 2 heterocycles. The predicted molar refractivity (Wildman–Crippen MR) is 124 cm³/mol. The molecule has 2 aliphatic heterocycles. The molecule has 1 saturated heterocycles. The van der Waals surface area contributed by atoms with E-state index < -0.39 is 17.7 Å². The number of carbonyl (C=O) groups excluding carboxylic acids is 3. The number of anilines is 2. The fourth-order valence-electron chi connectivity index (χ4n) is 3.48. The van der Waals surface area contributed by atoms with Gasteiger partial charge >= 0.3 is 0 Å². The van der Waals surface area contributed by atoms with Gasteiger partial charge in [-0.25, -0.2) is 0 Å². The zero-order chi connectivity index (χ0) is 22.8. The molecule has 0 unspecified atom stereocenters. The standard InChI is InChI=1S/C23H20N4O4S/c1-3-31-17-11-7-10-16(12-17)26-21(29)19(20(28)24-23(26)32)13-18-14(2)25-27(22(18)30)15-8-5-4-6-9-15/h4-13,18H,3H2,1-2H3,(H,24,28,32)/b19-13+/t18-/m1/s1. The van der Waals surface area contributed by atoms with Gasteiger partial charge in [-0.2, -0.15) is 10.1 Å². The summed E-state index contributed by atoms with van der Waals surface area (Å²) in [4.78, 5) is 40.1. The van der Waals surface area contributed by atoms with Crippen LogP contribution in [-0.4, -0.2) is 35.2 Å². The van der Waals surface area contributed by atoms with Crippen LogP contribution in [0.25, 0.3) is 0 Å². The maximum atomic E-state index is 13.3. The van der Waals surface area contributed by atoms with Gasteiger partial charge in [-0.15, -0.1) is 0 Å². The Morgan fingerprint density at radius 1 is 1.09 bits per heavy atom. The molecule has 8 nitrogen and oxygen atoms in total. The first-order valence-electron chi connectivity index (χ1n) is 9.99. The second kappa shape index (κ2) is 8.72. The molecular weight excluding hydrogens is 428 g/mol. The van der Waals surface area contributed by atoms with Gasteiger partial charge in [0.25, 0.3) is 17.7 Å². The first-order chi connectivity index (χ1) is 15.4. The van der Waals surface area contributed by atoms with Gasteiger partial charge in [0.2, 0.25) is 0 Å². The van der Waals surface area contributed by atoms with E-state index in [9.17, 15) is 14.4 Å². The Labute approximate surface area is 190 Å². The summed E-state index contributed by atoms with van der Waals surface area (Å²) >= 11 is 5.24. The summed E-state index contributed by atoms with van der Waals surface area (Å²) in [6, 6.07) is 15.8. The monoisotopic (exact) mass is 448 g/mol. The summed E-state index contributed by atoms with van der Waals surface area (Å²) in [6.45, 7) is 4.00. The molecule has 1 N–H and O–H groups in total. The molecule has 32 heavy (non-hydrogen) atoms. The molecule has 0 radical (unpaired) electrons. The Bertz CT molecular complexity index is 1180. The van der Waals surface area contributed by atoms with Gasteiger partial charge in [0, 0.05) is 6.07 Å². The minimum atomic E-state index is -0.844. The van der Waals surface area contributed by atoms with Gasteiger partial charge in [0.05, 0.1) is 29.6 Å². The fourth-order valence-corrected chi connectivity index (χ4v) is 3.76. The molecule has 2 aliphatic rings. The molecule has 2 aromatic rings. The lowest BCUT2D eigenvalue weighted by Gasteiger charge is -2.29. The number of nitrogens with one attached hydrogen (secondary N) is 1. The molecule has 4 rings (SSSR count). The number of rotatable bonds is 5. The maximum absolute atomic E-state index is 13.3. The van der Waals surface area contributed by atoms with Crippen molar-refractivity contribution < 1.29 is 19.1 Å². The number of ether oxygens (including phenoxy) is 1. The van der Waals surface area contributed by atoms with Gasteiger partial charge < -0.3 is 4.74 Å². The molecule has 9 heteroatoms. The summed E-state index contributed by atoms with van der Waals surface area (Å²) < 4.78 is 5.50. The van der Waals surface area contributed by atoms with E-state index in [0.717, 1.165) is 0 Å². The highest BCUT2D eigenvalue weighted by molar-refractivity contribution is 7.80. The third-order valence-electron chi connectivity index (χ3n) is 5.01. The van der Waals surface area contributed by atoms with Crippen molar-refractivity contribution in [2.24, 2.45) is 11.0 Å². The molecule has 0 spiro atoms. The van der Waals surface area contributed by atoms with Crippen molar-refractivity contribution in [3.63, 3.8) is 0 Å². The normalized spacial score (nSPS) is 20.0. The zero-order valence-electron chi connectivity index (χ0n) is 17.4. The lowest BCUT2D eigenvalue weighted by molar-refractivity contribution is -0.122. The molecule has 1 fully saturated rings. The van der Waals surface area contributed by atoms with Gasteiger partial charge in [-0.05, 0) is 56.4 Å². The number of carbonyl (C=O) groups is 3. The van der Waals surface area contributed by atoms with E-state index in [4.69, 9.17) is 17.0 Å². The van der Waals surface area contributed by atoms with Crippen molar-refractivity contribution in [2.45, 2.75) is 13.8 Å². The summed E-state index contributed by atoms with van der Waals surface area (Å²) in [6.07, 6.45) is 1.35. The third-order valence-corrected chi connectivity index (χ3v) is 5.29. The van der Waals surface area contributed by atoms with Gasteiger partial charge in [-0.1, -0.05) is 24.3 Å². The number of nitrogens with zero attached hydrogens (tertiary/aromatic N) is 3. The molecule has 0 bridgehead atoms. The number of hydrogen-bond donors (Lipinski definition) is 1. The Morgan fingerprint density at radius 2 is 1.81 bits per heavy atom.